The number of anilines is 1. The summed E-state index contributed by atoms with van der Waals surface area (Å²) >= 11 is 5.97. The molecule has 1 fully saturated rings. The molecule has 25 heavy (non-hydrogen) atoms. The number of rotatable bonds is 2. The topological polar surface area (TPSA) is 44.7 Å². The SMILES string of the molecule is CC(C)(C)N=C1N/C(=C/c2ccccc2)C(=O)N1c1ccc(Cl)cc1. The number of nitrogens with one attached hydrogen (secondary N) is 1. The van der Waals surface area contributed by atoms with E-state index in [1.807, 2.05) is 69.3 Å². The molecule has 1 N–H and O–H groups in total. The Morgan fingerprint density at radius 3 is 2.28 bits per heavy atom. The van der Waals surface area contributed by atoms with E-state index in [0.717, 1.165) is 11.3 Å². The highest BCUT2D eigenvalue weighted by Gasteiger charge is 2.34. The van der Waals surface area contributed by atoms with E-state index in [1.165, 1.54) is 0 Å². The van der Waals surface area contributed by atoms with Crippen LogP contribution in [0.1, 0.15) is 26.3 Å². The standard InChI is InChI=1S/C20H20ClN3O/c1-20(2,3)23-19-22-17(13-14-7-5-4-6-8-14)18(25)24(19)16-11-9-15(21)10-12-16/h4-13H,1-3H3,(H,22,23)/b17-13+. The van der Waals surface area contributed by atoms with Crippen LogP contribution in [0.25, 0.3) is 6.08 Å². The normalized spacial score (nSPS) is 18.1. The molecular weight excluding hydrogens is 334 g/mol. The van der Waals surface area contributed by atoms with Crippen LogP contribution in [-0.2, 0) is 4.79 Å². The van der Waals surface area contributed by atoms with Crippen molar-refractivity contribution in [2.24, 2.45) is 4.99 Å². The Balaban J connectivity index is 2.04. The van der Waals surface area contributed by atoms with E-state index in [1.54, 1.807) is 17.0 Å². The number of benzene rings is 2. The van der Waals surface area contributed by atoms with Gasteiger partial charge in [-0.15, -0.1) is 0 Å². The van der Waals surface area contributed by atoms with Gasteiger partial charge in [0.25, 0.3) is 5.91 Å². The van der Waals surface area contributed by atoms with Crippen molar-refractivity contribution in [2.75, 3.05) is 4.90 Å². The average molecular weight is 354 g/mol. The minimum Gasteiger partial charge on any atom is -0.321 e. The maximum absolute atomic E-state index is 13.0. The van der Waals surface area contributed by atoms with Crippen molar-refractivity contribution < 1.29 is 4.79 Å². The van der Waals surface area contributed by atoms with Gasteiger partial charge >= 0.3 is 0 Å². The molecule has 1 aliphatic rings. The third-order valence-electron chi connectivity index (χ3n) is 3.53. The van der Waals surface area contributed by atoms with Gasteiger partial charge in [0.15, 0.2) is 0 Å². The summed E-state index contributed by atoms with van der Waals surface area (Å²) < 4.78 is 0. The summed E-state index contributed by atoms with van der Waals surface area (Å²) in [5.74, 6) is 0.371. The highest BCUT2D eigenvalue weighted by Crippen LogP contribution is 2.25. The Hall–Kier alpha value is -2.59. The maximum Gasteiger partial charge on any atom is 0.281 e. The summed E-state index contributed by atoms with van der Waals surface area (Å²) in [5, 5.41) is 3.79. The van der Waals surface area contributed by atoms with Crippen LogP contribution in [-0.4, -0.2) is 17.4 Å². The lowest BCUT2D eigenvalue weighted by molar-refractivity contribution is -0.113. The van der Waals surface area contributed by atoms with Crippen LogP contribution in [0.5, 0.6) is 0 Å². The molecule has 2 aromatic carbocycles. The Morgan fingerprint density at radius 2 is 1.68 bits per heavy atom. The number of hydrogen-bond acceptors (Lipinski definition) is 2. The lowest BCUT2D eigenvalue weighted by Crippen LogP contribution is -2.34. The van der Waals surface area contributed by atoms with Gasteiger partial charge in [-0.25, -0.2) is 9.89 Å². The first-order valence-electron chi connectivity index (χ1n) is 8.07. The van der Waals surface area contributed by atoms with Crippen molar-refractivity contribution in [3.05, 3.63) is 70.9 Å². The number of carbonyl (C=O) groups excluding carboxylic acids is 1. The van der Waals surface area contributed by atoms with Crippen molar-refractivity contribution in [3.63, 3.8) is 0 Å². The summed E-state index contributed by atoms with van der Waals surface area (Å²) in [7, 11) is 0. The number of carbonyl (C=O) groups is 1. The fraction of sp³-hybridized carbons (Fsp3) is 0.200. The minimum absolute atomic E-state index is 0.144. The van der Waals surface area contributed by atoms with Gasteiger partial charge in [-0.3, -0.25) is 4.79 Å². The third-order valence-corrected chi connectivity index (χ3v) is 3.78. The minimum atomic E-state index is -0.324. The molecule has 0 spiro atoms. The van der Waals surface area contributed by atoms with Crippen LogP contribution < -0.4 is 10.2 Å². The fourth-order valence-corrected chi connectivity index (χ4v) is 2.61. The maximum atomic E-state index is 13.0. The van der Waals surface area contributed by atoms with Crippen LogP contribution in [0.2, 0.25) is 5.02 Å². The van der Waals surface area contributed by atoms with Crippen molar-refractivity contribution in [3.8, 4) is 0 Å². The molecule has 0 unspecified atom stereocenters. The molecule has 4 nitrogen and oxygen atoms in total. The number of amides is 1. The molecule has 5 heteroatoms. The van der Waals surface area contributed by atoms with Crippen LogP contribution in [0, 0.1) is 0 Å². The second kappa shape index (κ2) is 6.73. The zero-order valence-corrected chi connectivity index (χ0v) is 15.2. The van der Waals surface area contributed by atoms with Gasteiger partial charge in [0, 0.05) is 5.02 Å². The molecule has 1 saturated heterocycles. The van der Waals surface area contributed by atoms with Gasteiger partial charge in [-0.1, -0.05) is 41.9 Å². The molecule has 1 aliphatic heterocycles. The zero-order chi connectivity index (χ0) is 18.0. The van der Waals surface area contributed by atoms with E-state index in [0.29, 0.717) is 16.7 Å². The quantitative estimate of drug-likeness (QED) is 0.809. The van der Waals surface area contributed by atoms with E-state index < -0.39 is 0 Å². The molecule has 0 bridgehead atoms. The molecule has 3 rings (SSSR count). The van der Waals surface area contributed by atoms with Crippen LogP contribution in [0.3, 0.4) is 0 Å². The Labute approximate surface area is 152 Å². The van der Waals surface area contributed by atoms with Crippen molar-refractivity contribution in [2.45, 2.75) is 26.3 Å². The highest BCUT2D eigenvalue weighted by molar-refractivity contribution is 6.31. The summed E-state index contributed by atoms with van der Waals surface area (Å²) in [6, 6.07) is 16.9. The first kappa shape index (κ1) is 17.2. The second-order valence-electron chi connectivity index (χ2n) is 6.82. The van der Waals surface area contributed by atoms with Crippen molar-refractivity contribution in [1.82, 2.24) is 5.32 Å². The van der Waals surface area contributed by atoms with Crippen molar-refractivity contribution >= 4 is 35.2 Å². The van der Waals surface area contributed by atoms with E-state index in [9.17, 15) is 4.79 Å². The summed E-state index contributed by atoms with van der Waals surface area (Å²) in [6.45, 7) is 5.97. The lowest BCUT2D eigenvalue weighted by Gasteiger charge is -2.19. The molecule has 0 radical (unpaired) electrons. The first-order valence-corrected chi connectivity index (χ1v) is 8.45. The second-order valence-corrected chi connectivity index (χ2v) is 7.25. The van der Waals surface area contributed by atoms with Gasteiger partial charge in [0.2, 0.25) is 5.96 Å². The first-order chi connectivity index (χ1) is 11.8. The zero-order valence-electron chi connectivity index (χ0n) is 14.5. The predicted molar refractivity (Wildman–Crippen MR) is 104 cm³/mol. The summed E-state index contributed by atoms with van der Waals surface area (Å²) in [5.41, 5.74) is 1.84. The molecule has 2 aromatic rings. The van der Waals surface area contributed by atoms with Crippen LogP contribution >= 0.6 is 11.6 Å². The number of nitrogens with zero attached hydrogens (tertiary/aromatic N) is 2. The molecule has 0 aliphatic carbocycles. The van der Waals surface area contributed by atoms with E-state index in [4.69, 9.17) is 11.6 Å². The van der Waals surface area contributed by atoms with Gasteiger partial charge in [0.05, 0.1) is 11.2 Å². The van der Waals surface area contributed by atoms with Crippen molar-refractivity contribution in [1.29, 1.82) is 0 Å². The van der Waals surface area contributed by atoms with Gasteiger partial charge < -0.3 is 5.32 Å². The van der Waals surface area contributed by atoms with E-state index >= 15 is 0 Å². The van der Waals surface area contributed by atoms with E-state index in [-0.39, 0.29) is 11.4 Å². The number of halogens is 1. The van der Waals surface area contributed by atoms with Crippen LogP contribution in [0.4, 0.5) is 5.69 Å². The molecule has 1 heterocycles. The average Bonchev–Trinajstić information content (AvgIpc) is 2.83. The van der Waals surface area contributed by atoms with Gasteiger partial charge in [-0.05, 0) is 56.7 Å². The smallest absolute Gasteiger partial charge is 0.281 e. The Kier molecular flexibility index (Phi) is 4.64. The molecule has 128 valence electrons. The Bertz CT molecular complexity index is 833. The molecular formula is C20H20ClN3O. The Morgan fingerprint density at radius 1 is 1.04 bits per heavy atom. The summed E-state index contributed by atoms with van der Waals surface area (Å²) in [6.07, 6.45) is 1.83. The van der Waals surface area contributed by atoms with Gasteiger partial charge in [-0.2, -0.15) is 0 Å². The summed E-state index contributed by atoms with van der Waals surface area (Å²) in [4.78, 5) is 19.2. The number of hydrogen-bond donors (Lipinski definition) is 1. The fourth-order valence-electron chi connectivity index (χ4n) is 2.49. The molecule has 1 amide bonds. The number of aliphatic imine (C=N–C) groups is 1. The predicted octanol–water partition coefficient (Wildman–Crippen LogP) is 4.47. The molecule has 0 aromatic heterocycles. The van der Waals surface area contributed by atoms with Crippen LogP contribution in [0.15, 0.2) is 65.3 Å². The highest BCUT2D eigenvalue weighted by atomic mass is 35.5. The monoisotopic (exact) mass is 353 g/mol. The number of guanidine groups is 1. The molecule has 0 atom stereocenters. The lowest BCUT2D eigenvalue weighted by atomic mass is 10.1. The third kappa shape index (κ3) is 4.09. The largest absolute Gasteiger partial charge is 0.321 e. The van der Waals surface area contributed by atoms with E-state index in [2.05, 4.69) is 10.3 Å². The molecule has 0 saturated carbocycles. The van der Waals surface area contributed by atoms with Gasteiger partial charge in [0.1, 0.15) is 5.70 Å².